The van der Waals surface area contributed by atoms with Crippen molar-refractivity contribution in [2.24, 2.45) is 10.4 Å². The summed E-state index contributed by atoms with van der Waals surface area (Å²) in [5, 5.41) is 31.0. The second-order valence-electron chi connectivity index (χ2n) is 22.5. The van der Waals surface area contributed by atoms with Gasteiger partial charge in [-0.3, -0.25) is 29.0 Å². The second-order valence-corrected chi connectivity index (χ2v) is 22.5. The fourth-order valence-corrected chi connectivity index (χ4v) is 8.07. The minimum atomic E-state index is -1.14. The number of ether oxygens (including phenoxy) is 7. The predicted molar refractivity (Wildman–Crippen MR) is 299 cm³/mol. The molecule has 0 bridgehead atoms. The number of aliphatic carboxylic acids is 1. The fraction of sp³-hybridized carbons (Fsp3) is 0.707. The Morgan fingerprint density at radius 2 is 1.15 bits per heavy atom. The molecule has 22 heteroatoms. The summed E-state index contributed by atoms with van der Waals surface area (Å²) in [5.41, 5.74) is -0.928. The number of unbranched alkanes of at least 4 members (excludes halogenated alkanes) is 7. The minimum Gasteiger partial charge on any atom is -0.511 e. The van der Waals surface area contributed by atoms with Crippen LogP contribution in [0.15, 0.2) is 40.6 Å². The van der Waals surface area contributed by atoms with Gasteiger partial charge >= 0.3 is 17.9 Å². The number of rotatable bonds is 41. The van der Waals surface area contributed by atoms with Crippen molar-refractivity contribution in [3.05, 3.63) is 41.2 Å². The topological polar surface area (TPSA) is 302 Å². The van der Waals surface area contributed by atoms with Gasteiger partial charge in [0.05, 0.1) is 57.4 Å². The van der Waals surface area contributed by atoms with Crippen LogP contribution in [0.3, 0.4) is 0 Å². The fourth-order valence-electron chi connectivity index (χ4n) is 8.07. The van der Waals surface area contributed by atoms with Gasteiger partial charge in [-0.25, -0.2) is 14.4 Å². The number of allylic oxidation sites excluding steroid dienone is 2. The molecule has 1 aliphatic rings. The average molecular weight is 1130 g/mol. The third kappa shape index (κ3) is 33.6. The molecule has 80 heavy (non-hydrogen) atoms. The van der Waals surface area contributed by atoms with Crippen LogP contribution in [0.1, 0.15) is 169 Å². The van der Waals surface area contributed by atoms with Crippen LogP contribution < -0.4 is 26.0 Å². The molecule has 1 aliphatic carbocycles. The molecule has 0 radical (unpaired) electrons. The van der Waals surface area contributed by atoms with Gasteiger partial charge in [-0.2, -0.15) is 0 Å². The highest BCUT2D eigenvalue weighted by Gasteiger charge is 2.35. The summed E-state index contributed by atoms with van der Waals surface area (Å²) in [4.78, 5) is 103. The van der Waals surface area contributed by atoms with Gasteiger partial charge in [0.1, 0.15) is 48.0 Å². The van der Waals surface area contributed by atoms with Crippen molar-refractivity contribution in [3.8, 4) is 5.75 Å². The molecule has 1 aromatic rings. The van der Waals surface area contributed by atoms with Crippen LogP contribution in [0, 0.1) is 5.41 Å². The van der Waals surface area contributed by atoms with E-state index in [0.29, 0.717) is 50.1 Å². The molecule has 0 aliphatic heterocycles. The summed E-state index contributed by atoms with van der Waals surface area (Å²) in [6.45, 7) is 18.0. The summed E-state index contributed by atoms with van der Waals surface area (Å²) in [7, 11) is 0. The average Bonchev–Trinajstić information content (AvgIpc) is 3.36. The van der Waals surface area contributed by atoms with Crippen molar-refractivity contribution in [2.75, 3.05) is 79.1 Å². The normalized spacial score (nSPS) is 14.4. The number of nitrogens with one attached hydrogen (secondary N) is 4. The Balaban J connectivity index is 1.46. The van der Waals surface area contributed by atoms with Gasteiger partial charge in [0.15, 0.2) is 5.78 Å². The molecule has 0 saturated carbocycles. The van der Waals surface area contributed by atoms with Crippen LogP contribution in [0.2, 0.25) is 0 Å². The lowest BCUT2D eigenvalue weighted by atomic mass is 9.75. The van der Waals surface area contributed by atoms with Gasteiger partial charge in [0, 0.05) is 51.0 Å². The van der Waals surface area contributed by atoms with Gasteiger partial charge in [0.25, 0.3) is 0 Å². The Morgan fingerprint density at radius 3 is 1.71 bits per heavy atom. The number of nitrogens with zero attached hydrogens (tertiary/aromatic N) is 1. The molecule has 22 nitrogen and oxygen atoms in total. The Kier molecular flexibility index (Phi) is 33.2. The van der Waals surface area contributed by atoms with Crippen LogP contribution in [-0.2, 0) is 62.0 Å². The number of Topliss-reactive ketones (excluding diaryl/α,β-unsaturated/α-hetero) is 1. The second kappa shape index (κ2) is 37.9. The molecule has 0 heterocycles. The van der Waals surface area contributed by atoms with E-state index in [9.17, 15) is 48.6 Å². The molecule has 0 aromatic heterocycles. The van der Waals surface area contributed by atoms with Crippen LogP contribution in [-0.4, -0.2) is 166 Å². The van der Waals surface area contributed by atoms with E-state index in [1.165, 1.54) is 6.92 Å². The standard InChI is InChI=1S/C58H93N5O17/c1-41(52-46(64)37-58(8,9)38-47(52)65)62-44(53(70)71)19-16-17-27-59-50(68)39-76-35-34-75-32-29-61-51(69)40-77-36-33-74-31-28-60-48(66)26-25-45(55(73)80-57(5,6)7)63-49(67)20-15-13-11-10-12-14-18-30-78-43-23-21-42(22-24-43)54(72)79-56(2,3)4/h21-24,44-45,64H,10-20,25-40H2,1-9H3,(H,59,68)(H,60,66)(H,61,69)(H,63,67)(H,70,71)/t44-,45-/m0/s1. The number of hydrogen-bond donors (Lipinski definition) is 6. The van der Waals surface area contributed by atoms with Crippen LogP contribution >= 0.6 is 0 Å². The van der Waals surface area contributed by atoms with E-state index in [1.807, 2.05) is 34.6 Å². The lowest BCUT2D eigenvalue weighted by Crippen LogP contribution is -2.44. The maximum absolute atomic E-state index is 13.0. The van der Waals surface area contributed by atoms with Crippen LogP contribution in [0.5, 0.6) is 5.75 Å². The van der Waals surface area contributed by atoms with Gasteiger partial charge in [-0.05, 0) is 117 Å². The zero-order chi connectivity index (χ0) is 59.6. The first kappa shape index (κ1) is 70.1. The molecule has 0 saturated heterocycles. The van der Waals surface area contributed by atoms with Crippen molar-refractivity contribution < 1.29 is 81.7 Å². The van der Waals surface area contributed by atoms with E-state index < -0.39 is 35.2 Å². The quantitative estimate of drug-likeness (QED) is 0.0233. The smallest absolute Gasteiger partial charge is 0.338 e. The molecule has 2 rings (SSSR count). The number of carbonyl (C=O) groups excluding carboxylic acids is 7. The highest BCUT2D eigenvalue weighted by Crippen LogP contribution is 2.36. The number of amides is 4. The number of aliphatic imine (C=N–C) groups is 1. The third-order valence-corrected chi connectivity index (χ3v) is 11.9. The first-order valence-electron chi connectivity index (χ1n) is 28.1. The lowest BCUT2D eigenvalue weighted by Gasteiger charge is -2.29. The van der Waals surface area contributed by atoms with Crippen molar-refractivity contribution in [3.63, 3.8) is 0 Å². The molecule has 1 aromatic carbocycles. The summed E-state index contributed by atoms with van der Waals surface area (Å²) in [6.07, 6.45) is 8.46. The zero-order valence-corrected chi connectivity index (χ0v) is 49.0. The van der Waals surface area contributed by atoms with E-state index in [2.05, 4.69) is 26.3 Å². The molecule has 4 amide bonds. The molecule has 6 N–H and O–H groups in total. The van der Waals surface area contributed by atoms with E-state index in [4.69, 9.17) is 33.2 Å². The molecule has 0 spiro atoms. The lowest BCUT2D eigenvalue weighted by molar-refractivity contribution is -0.159. The van der Waals surface area contributed by atoms with Crippen molar-refractivity contribution in [2.45, 2.75) is 182 Å². The predicted octanol–water partition coefficient (Wildman–Crippen LogP) is 6.45. The number of aliphatic hydroxyl groups is 1. The number of carbonyl (C=O) groups is 8. The van der Waals surface area contributed by atoms with Crippen LogP contribution in [0.25, 0.3) is 0 Å². The zero-order valence-electron chi connectivity index (χ0n) is 49.0. The molecule has 0 fully saturated rings. The molecular weight excluding hydrogens is 1040 g/mol. The summed E-state index contributed by atoms with van der Waals surface area (Å²) in [6, 6.07) is 4.86. The first-order valence-corrected chi connectivity index (χ1v) is 28.1. The largest absolute Gasteiger partial charge is 0.511 e. The number of aliphatic hydroxyl groups excluding tert-OH is 1. The molecule has 0 unspecified atom stereocenters. The number of benzene rings is 1. The number of carboxylic acid groups (broad SMARTS) is 1. The highest BCUT2D eigenvalue weighted by molar-refractivity contribution is 6.22. The number of ketones is 1. The third-order valence-electron chi connectivity index (χ3n) is 11.9. The Bertz CT molecular complexity index is 2160. The number of hydrogen-bond acceptors (Lipinski definition) is 17. The van der Waals surface area contributed by atoms with Gasteiger partial charge in [0.2, 0.25) is 23.6 Å². The summed E-state index contributed by atoms with van der Waals surface area (Å²) >= 11 is 0. The van der Waals surface area contributed by atoms with E-state index in [1.54, 1.807) is 45.0 Å². The highest BCUT2D eigenvalue weighted by atomic mass is 16.6. The molecular formula is C58H93N5O17. The van der Waals surface area contributed by atoms with Gasteiger partial charge in [-0.1, -0.05) is 46.0 Å². The van der Waals surface area contributed by atoms with E-state index >= 15 is 0 Å². The Morgan fingerprint density at radius 1 is 0.613 bits per heavy atom. The summed E-state index contributed by atoms with van der Waals surface area (Å²) < 4.78 is 38.3. The molecule has 452 valence electrons. The number of esters is 2. The molecule has 2 atom stereocenters. The van der Waals surface area contributed by atoms with E-state index in [0.717, 1.165) is 38.5 Å². The van der Waals surface area contributed by atoms with Crippen molar-refractivity contribution in [1.29, 1.82) is 0 Å². The van der Waals surface area contributed by atoms with Crippen molar-refractivity contribution >= 4 is 53.0 Å². The Hall–Kier alpha value is -5.97. The van der Waals surface area contributed by atoms with Crippen molar-refractivity contribution in [1.82, 2.24) is 21.3 Å². The SMILES string of the molecule is CC(=N[C@@H](CCCCNC(=O)COCCOCCNC(=O)COCCOCCNC(=O)CC[C@H](NC(=O)CCCCCCCCCOc1ccc(C(=O)OC(C)(C)C)cc1)C(=O)OC(C)(C)C)C(=O)O)C1=C(O)CC(C)(C)CC1=O. The number of carboxylic acids is 1. The maximum Gasteiger partial charge on any atom is 0.338 e. The Labute approximate surface area is 472 Å². The van der Waals surface area contributed by atoms with E-state index in [-0.39, 0.29) is 156 Å². The first-order chi connectivity index (χ1) is 37.7. The maximum atomic E-state index is 13.0. The van der Waals surface area contributed by atoms with Gasteiger partial charge < -0.3 is 64.6 Å². The summed E-state index contributed by atoms with van der Waals surface area (Å²) in [5.74, 6) is -3.03. The monoisotopic (exact) mass is 1130 g/mol. The van der Waals surface area contributed by atoms with Gasteiger partial charge in [-0.15, -0.1) is 0 Å². The van der Waals surface area contributed by atoms with Crippen LogP contribution in [0.4, 0.5) is 0 Å². The minimum absolute atomic E-state index is 0.0219.